The third kappa shape index (κ3) is 8.74. The van der Waals surface area contributed by atoms with Gasteiger partial charge in [-0.2, -0.15) is 0 Å². The molecule has 0 aliphatic carbocycles. The molecule has 4 atom stereocenters. The van der Waals surface area contributed by atoms with Gasteiger partial charge in [0, 0.05) is 24.7 Å². The summed E-state index contributed by atoms with van der Waals surface area (Å²) in [5.74, 6) is -3.31. The highest BCUT2D eigenvalue weighted by atomic mass is 16.4. The second-order valence-electron chi connectivity index (χ2n) is 8.31. The van der Waals surface area contributed by atoms with Gasteiger partial charge in [-0.25, -0.2) is 9.78 Å². The number of aromatic hydroxyl groups is 1. The number of amides is 3. The third-order valence-electron chi connectivity index (χ3n) is 5.56. The molecular weight excluding hydrogens is 456 g/mol. The summed E-state index contributed by atoms with van der Waals surface area (Å²) in [7, 11) is 0. The average Bonchev–Trinajstić information content (AvgIpc) is 3.34. The number of aliphatic carboxylic acids is 1. The summed E-state index contributed by atoms with van der Waals surface area (Å²) in [6.45, 7) is 3.04. The zero-order chi connectivity index (χ0) is 26.0. The fourth-order valence-electron chi connectivity index (χ4n) is 3.28. The van der Waals surface area contributed by atoms with Crippen molar-refractivity contribution in [1.82, 2.24) is 25.9 Å². The summed E-state index contributed by atoms with van der Waals surface area (Å²) in [5, 5.41) is 26.3. The van der Waals surface area contributed by atoms with Crippen molar-refractivity contribution in [1.29, 1.82) is 0 Å². The molecule has 0 aliphatic rings. The molecule has 0 saturated carbocycles. The van der Waals surface area contributed by atoms with Crippen molar-refractivity contribution in [3.63, 3.8) is 0 Å². The predicted octanol–water partition coefficient (Wildman–Crippen LogP) is -0.556. The number of imidazole rings is 1. The first-order chi connectivity index (χ1) is 16.6. The van der Waals surface area contributed by atoms with E-state index in [0.717, 1.165) is 0 Å². The van der Waals surface area contributed by atoms with Crippen LogP contribution in [0.3, 0.4) is 0 Å². The Morgan fingerprint density at radius 3 is 2.34 bits per heavy atom. The van der Waals surface area contributed by atoms with E-state index in [1.165, 1.54) is 24.7 Å². The molecule has 35 heavy (non-hydrogen) atoms. The van der Waals surface area contributed by atoms with Crippen LogP contribution in [0.5, 0.6) is 5.75 Å². The Labute approximate surface area is 202 Å². The van der Waals surface area contributed by atoms with E-state index in [1.54, 1.807) is 19.1 Å². The van der Waals surface area contributed by atoms with Crippen LogP contribution in [0.25, 0.3) is 0 Å². The van der Waals surface area contributed by atoms with Crippen LogP contribution in [0.15, 0.2) is 36.8 Å². The van der Waals surface area contributed by atoms with Crippen molar-refractivity contribution in [2.75, 3.05) is 6.54 Å². The van der Waals surface area contributed by atoms with Crippen LogP contribution in [0.4, 0.5) is 0 Å². The lowest BCUT2D eigenvalue weighted by atomic mass is 9.99. The maximum Gasteiger partial charge on any atom is 0.326 e. The Morgan fingerprint density at radius 2 is 1.77 bits per heavy atom. The van der Waals surface area contributed by atoms with Gasteiger partial charge in [-0.05, 0) is 23.6 Å². The van der Waals surface area contributed by atoms with E-state index in [1.807, 2.05) is 6.92 Å². The van der Waals surface area contributed by atoms with Gasteiger partial charge in [0.25, 0.3) is 0 Å². The highest BCUT2D eigenvalue weighted by Gasteiger charge is 2.27. The Kier molecular flexibility index (Phi) is 10.2. The minimum absolute atomic E-state index is 0.0475. The molecule has 1 aromatic heterocycles. The van der Waals surface area contributed by atoms with Gasteiger partial charge in [-0.15, -0.1) is 0 Å². The number of carboxylic acids is 1. The largest absolute Gasteiger partial charge is 0.508 e. The van der Waals surface area contributed by atoms with Gasteiger partial charge in [-0.3, -0.25) is 14.4 Å². The quantitative estimate of drug-likeness (QED) is 0.194. The molecular formula is C23H32N6O6. The van der Waals surface area contributed by atoms with Crippen LogP contribution in [0.1, 0.15) is 31.5 Å². The Hall–Kier alpha value is -3.93. The number of rotatable bonds is 13. The Bertz CT molecular complexity index is 994. The lowest BCUT2D eigenvalue weighted by Gasteiger charge is -2.22. The second-order valence-corrected chi connectivity index (χ2v) is 8.31. The van der Waals surface area contributed by atoms with Crippen LogP contribution < -0.4 is 21.7 Å². The topological polar surface area (TPSA) is 200 Å². The summed E-state index contributed by atoms with van der Waals surface area (Å²) in [4.78, 5) is 56.0. The highest BCUT2D eigenvalue weighted by molar-refractivity contribution is 5.92. The smallest absolute Gasteiger partial charge is 0.326 e. The minimum Gasteiger partial charge on any atom is -0.508 e. The molecule has 0 fully saturated rings. The Morgan fingerprint density at radius 1 is 1.09 bits per heavy atom. The molecule has 2 aromatic rings. The van der Waals surface area contributed by atoms with Crippen molar-refractivity contribution < 1.29 is 29.4 Å². The van der Waals surface area contributed by atoms with Crippen molar-refractivity contribution in [3.05, 3.63) is 48.0 Å². The molecule has 1 aromatic carbocycles. The molecule has 0 spiro atoms. The van der Waals surface area contributed by atoms with Gasteiger partial charge < -0.3 is 36.9 Å². The number of aromatic amines is 1. The standard InChI is InChI=1S/C23H32N6O6/c1-3-13(2)20(23(34)35)29-19(31)11-26-22(33)18(8-14-4-6-16(30)7-5-14)28-21(32)17(24)9-15-10-25-12-27-15/h4-7,10,12-13,17-18,20,30H,3,8-9,11,24H2,1-2H3,(H,25,27)(H,26,33)(H,28,32)(H,29,31)(H,34,35). The molecule has 0 aliphatic heterocycles. The van der Waals surface area contributed by atoms with E-state index in [9.17, 15) is 29.4 Å². The number of nitrogens with two attached hydrogens (primary N) is 1. The monoisotopic (exact) mass is 488 g/mol. The van der Waals surface area contributed by atoms with Gasteiger partial charge in [0.2, 0.25) is 17.7 Å². The molecule has 1 heterocycles. The first kappa shape index (κ1) is 27.3. The number of carboxylic acid groups (broad SMARTS) is 1. The maximum atomic E-state index is 12.9. The Balaban J connectivity index is 2.04. The van der Waals surface area contributed by atoms with Gasteiger partial charge in [0.05, 0.1) is 18.9 Å². The third-order valence-corrected chi connectivity index (χ3v) is 5.56. The molecule has 0 saturated heterocycles. The molecule has 8 N–H and O–H groups in total. The number of carbonyl (C=O) groups is 4. The van der Waals surface area contributed by atoms with E-state index in [0.29, 0.717) is 17.7 Å². The molecule has 4 unspecified atom stereocenters. The van der Waals surface area contributed by atoms with Crippen molar-refractivity contribution in [2.24, 2.45) is 11.7 Å². The van der Waals surface area contributed by atoms with Crippen LogP contribution in [0, 0.1) is 5.92 Å². The first-order valence-electron chi connectivity index (χ1n) is 11.2. The zero-order valence-corrected chi connectivity index (χ0v) is 19.7. The number of benzene rings is 1. The van der Waals surface area contributed by atoms with Gasteiger partial charge in [0.1, 0.15) is 17.8 Å². The average molecular weight is 489 g/mol. The van der Waals surface area contributed by atoms with Gasteiger partial charge in [0.15, 0.2) is 0 Å². The van der Waals surface area contributed by atoms with Gasteiger partial charge in [-0.1, -0.05) is 32.4 Å². The zero-order valence-electron chi connectivity index (χ0n) is 19.7. The molecule has 190 valence electrons. The summed E-state index contributed by atoms with van der Waals surface area (Å²) in [5.41, 5.74) is 7.27. The number of H-pyrrole nitrogens is 1. The number of aromatic nitrogens is 2. The van der Waals surface area contributed by atoms with Crippen molar-refractivity contribution >= 4 is 23.7 Å². The summed E-state index contributed by atoms with van der Waals surface area (Å²) >= 11 is 0. The predicted molar refractivity (Wildman–Crippen MR) is 126 cm³/mol. The summed E-state index contributed by atoms with van der Waals surface area (Å²) < 4.78 is 0. The van der Waals surface area contributed by atoms with E-state index in [-0.39, 0.29) is 24.5 Å². The number of nitrogens with one attached hydrogen (secondary N) is 4. The number of nitrogens with zero attached hydrogens (tertiary/aromatic N) is 1. The summed E-state index contributed by atoms with van der Waals surface area (Å²) in [6, 6.07) is 2.98. The molecule has 0 bridgehead atoms. The van der Waals surface area contributed by atoms with Crippen molar-refractivity contribution in [2.45, 2.75) is 51.2 Å². The molecule has 12 nitrogen and oxygen atoms in total. The number of phenolic OH excluding ortho intramolecular Hbond substituents is 1. The number of phenols is 1. The van der Waals surface area contributed by atoms with E-state index < -0.39 is 48.4 Å². The fourth-order valence-corrected chi connectivity index (χ4v) is 3.28. The summed E-state index contributed by atoms with van der Waals surface area (Å²) in [6.07, 6.45) is 3.79. The molecule has 12 heteroatoms. The van der Waals surface area contributed by atoms with Crippen LogP contribution in [-0.2, 0) is 32.0 Å². The first-order valence-corrected chi connectivity index (χ1v) is 11.2. The lowest BCUT2D eigenvalue weighted by Crippen LogP contribution is -2.55. The highest BCUT2D eigenvalue weighted by Crippen LogP contribution is 2.12. The number of hydrogen-bond donors (Lipinski definition) is 7. The van der Waals surface area contributed by atoms with E-state index >= 15 is 0 Å². The normalized spacial score (nSPS) is 14.3. The fraction of sp³-hybridized carbons (Fsp3) is 0.435. The van der Waals surface area contributed by atoms with Gasteiger partial charge >= 0.3 is 5.97 Å². The minimum atomic E-state index is -1.16. The lowest BCUT2D eigenvalue weighted by molar-refractivity contribution is -0.143. The molecule has 0 radical (unpaired) electrons. The SMILES string of the molecule is CCC(C)C(NC(=O)CNC(=O)C(Cc1ccc(O)cc1)NC(=O)C(N)Cc1cnc[nH]1)C(=O)O. The molecule has 2 rings (SSSR count). The number of hydrogen-bond acceptors (Lipinski definition) is 7. The maximum absolute atomic E-state index is 12.9. The van der Waals surface area contributed by atoms with E-state index in [4.69, 9.17) is 5.73 Å². The van der Waals surface area contributed by atoms with Crippen molar-refractivity contribution in [3.8, 4) is 5.75 Å². The van der Waals surface area contributed by atoms with E-state index in [2.05, 4.69) is 25.9 Å². The van der Waals surface area contributed by atoms with Crippen LogP contribution >= 0.6 is 0 Å². The molecule has 3 amide bonds. The van der Waals surface area contributed by atoms with Crippen LogP contribution in [0.2, 0.25) is 0 Å². The second kappa shape index (κ2) is 13.1. The number of carbonyl (C=O) groups excluding carboxylic acids is 3. The van der Waals surface area contributed by atoms with Crippen LogP contribution in [-0.4, -0.2) is 68.5 Å².